The molecule has 1 fully saturated rings. The first kappa shape index (κ1) is 24.5. The summed E-state index contributed by atoms with van der Waals surface area (Å²) in [6.07, 6.45) is 4.38. The maximum absolute atomic E-state index is 13.1. The van der Waals surface area contributed by atoms with Crippen molar-refractivity contribution in [1.29, 1.82) is 0 Å². The summed E-state index contributed by atoms with van der Waals surface area (Å²) in [4.78, 5) is 41.1. The number of piperazine rings is 1. The average Bonchev–Trinajstić information content (AvgIpc) is 2.82. The molecule has 2 aromatic carbocycles. The van der Waals surface area contributed by atoms with Gasteiger partial charge in [-0.05, 0) is 36.2 Å². The van der Waals surface area contributed by atoms with Gasteiger partial charge in [0.1, 0.15) is 6.04 Å². The maximum Gasteiger partial charge on any atom is 0.251 e. The van der Waals surface area contributed by atoms with Crippen LogP contribution in [0.1, 0.15) is 28.8 Å². The molecule has 3 rings (SSSR count). The molecule has 8 heteroatoms. The standard InChI is InChI=1S/C25H29ClN4O3/c26-21-10-8-20(9-11-21)24(32)28-22(12-13-23(27)31)25(33)30-17-15-29(16-18-30)14-4-7-19-5-2-1-3-6-19/h1-11,22H,12-18H2,(H2,27,31)(H,28,32). The van der Waals surface area contributed by atoms with E-state index in [1.165, 1.54) is 0 Å². The Balaban J connectivity index is 1.54. The second kappa shape index (κ2) is 12.2. The Kier molecular flexibility index (Phi) is 9.04. The average molecular weight is 469 g/mol. The van der Waals surface area contributed by atoms with Gasteiger partial charge in [0, 0.05) is 49.7 Å². The predicted octanol–water partition coefficient (Wildman–Crippen LogP) is 2.56. The van der Waals surface area contributed by atoms with Crippen LogP contribution in [0.25, 0.3) is 6.08 Å². The summed E-state index contributed by atoms with van der Waals surface area (Å²) in [5.41, 5.74) is 6.83. The second-order valence-electron chi connectivity index (χ2n) is 7.98. The van der Waals surface area contributed by atoms with Crippen molar-refractivity contribution in [2.45, 2.75) is 18.9 Å². The number of nitrogens with zero attached hydrogens (tertiary/aromatic N) is 2. The Labute approximate surface area is 199 Å². The molecule has 1 aliphatic heterocycles. The Morgan fingerprint density at radius 1 is 1.00 bits per heavy atom. The highest BCUT2D eigenvalue weighted by Crippen LogP contribution is 2.12. The number of nitrogens with two attached hydrogens (primary N) is 1. The zero-order valence-corrected chi connectivity index (χ0v) is 19.2. The molecule has 0 aliphatic carbocycles. The van der Waals surface area contributed by atoms with Gasteiger partial charge in [-0.2, -0.15) is 0 Å². The Morgan fingerprint density at radius 2 is 1.67 bits per heavy atom. The van der Waals surface area contributed by atoms with Gasteiger partial charge in [0.05, 0.1) is 0 Å². The summed E-state index contributed by atoms with van der Waals surface area (Å²) in [5, 5.41) is 3.28. The Bertz CT molecular complexity index is 971. The van der Waals surface area contributed by atoms with E-state index in [1.54, 1.807) is 29.2 Å². The lowest BCUT2D eigenvalue weighted by Gasteiger charge is -2.36. The highest BCUT2D eigenvalue weighted by Gasteiger charge is 2.29. The van der Waals surface area contributed by atoms with Gasteiger partial charge in [0.25, 0.3) is 5.91 Å². The van der Waals surface area contributed by atoms with E-state index in [0.29, 0.717) is 23.7 Å². The lowest BCUT2D eigenvalue weighted by atomic mass is 10.1. The minimum Gasteiger partial charge on any atom is -0.370 e. The SMILES string of the molecule is NC(=O)CCC(NC(=O)c1ccc(Cl)cc1)C(=O)N1CCN(CC=Cc2ccccc2)CC1. The van der Waals surface area contributed by atoms with Crippen LogP contribution in [0, 0.1) is 0 Å². The predicted molar refractivity (Wildman–Crippen MR) is 130 cm³/mol. The van der Waals surface area contributed by atoms with E-state index in [1.807, 2.05) is 18.2 Å². The fourth-order valence-electron chi connectivity index (χ4n) is 3.66. The number of rotatable bonds is 9. The van der Waals surface area contributed by atoms with Gasteiger partial charge in [-0.25, -0.2) is 0 Å². The molecule has 174 valence electrons. The Hall–Kier alpha value is -3.16. The fourth-order valence-corrected chi connectivity index (χ4v) is 3.79. The quantitative estimate of drug-likeness (QED) is 0.591. The van der Waals surface area contributed by atoms with E-state index in [0.717, 1.165) is 25.2 Å². The molecule has 33 heavy (non-hydrogen) atoms. The van der Waals surface area contributed by atoms with Gasteiger partial charge in [0.15, 0.2) is 0 Å². The third kappa shape index (κ3) is 7.73. The third-order valence-electron chi connectivity index (χ3n) is 5.55. The third-order valence-corrected chi connectivity index (χ3v) is 5.80. The monoisotopic (exact) mass is 468 g/mol. The van der Waals surface area contributed by atoms with Crippen molar-refractivity contribution < 1.29 is 14.4 Å². The number of carbonyl (C=O) groups is 3. The number of primary amides is 1. The molecule has 0 spiro atoms. The molecule has 1 heterocycles. The van der Waals surface area contributed by atoms with Crippen LogP contribution in [0.5, 0.6) is 0 Å². The van der Waals surface area contributed by atoms with Crippen molar-refractivity contribution in [3.05, 3.63) is 76.8 Å². The maximum atomic E-state index is 13.1. The van der Waals surface area contributed by atoms with Crippen molar-refractivity contribution in [2.24, 2.45) is 5.73 Å². The summed E-state index contributed by atoms with van der Waals surface area (Å²) in [6, 6.07) is 15.7. The van der Waals surface area contributed by atoms with Gasteiger partial charge in [0.2, 0.25) is 11.8 Å². The normalized spacial score (nSPS) is 15.4. The molecule has 3 amide bonds. The number of benzene rings is 2. The molecule has 1 atom stereocenters. The molecule has 7 nitrogen and oxygen atoms in total. The van der Waals surface area contributed by atoms with Crippen LogP contribution in [0.15, 0.2) is 60.7 Å². The van der Waals surface area contributed by atoms with Crippen molar-refractivity contribution in [1.82, 2.24) is 15.1 Å². The summed E-state index contributed by atoms with van der Waals surface area (Å²) < 4.78 is 0. The lowest BCUT2D eigenvalue weighted by molar-refractivity contribution is -0.135. The minimum absolute atomic E-state index is 0.0154. The molecule has 2 aromatic rings. The second-order valence-corrected chi connectivity index (χ2v) is 8.41. The molecule has 1 aliphatic rings. The molecule has 0 aromatic heterocycles. The van der Waals surface area contributed by atoms with Crippen molar-refractivity contribution >= 4 is 35.4 Å². The first-order valence-corrected chi connectivity index (χ1v) is 11.4. The molecule has 3 N–H and O–H groups in total. The minimum atomic E-state index is -0.815. The number of hydrogen-bond donors (Lipinski definition) is 2. The number of nitrogens with one attached hydrogen (secondary N) is 1. The van der Waals surface area contributed by atoms with Gasteiger partial charge in [-0.3, -0.25) is 19.3 Å². The molecule has 0 radical (unpaired) electrons. The van der Waals surface area contributed by atoms with Gasteiger partial charge in [-0.1, -0.05) is 54.1 Å². The Morgan fingerprint density at radius 3 is 2.30 bits per heavy atom. The number of amides is 3. The molecule has 0 saturated carbocycles. The van der Waals surface area contributed by atoms with Crippen molar-refractivity contribution in [3.8, 4) is 0 Å². The summed E-state index contributed by atoms with van der Waals surface area (Å²) >= 11 is 5.88. The van der Waals surface area contributed by atoms with Crippen LogP contribution in [0.4, 0.5) is 0 Å². The summed E-state index contributed by atoms with van der Waals surface area (Å²) in [6.45, 7) is 3.39. The van der Waals surface area contributed by atoms with Gasteiger partial charge < -0.3 is 16.0 Å². The smallest absolute Gasteiger partial charge is 0.251 e. The van der Waals surface area contributed by atoms with Crippen molar-refractivity contribution in [2.75, 3.05) is 32.7 Å². The van der Waals surface area contributed by atoms with Crippen LogP contribution in [0.2, 0.25) is 5.02 Å². The van der Waals surface area contributed by atoms with Crippen LogP contribution >= 0.6 is 11.6 Å². The number of halogens is 1. The highest BCUT2D eigenvalue weighted by molar-refractivity contribution is 6.30. The molecule has 1 saturated heterocycles. The molecule has 0 bridgehead atoms. The summed E-state index contributed by atoms with van der Waals surface area (Å²) in [5.74, 6) is -1.10. The first-order chi connectivity index (χ1) is 15.9. The van der Waals surface area contributed by atoms with E-state index in [-0.39, 0.29) is 24.7 Å². The van der Waals surface area contributed by atoms with E-state index in [4.69, 9.17) is 17.3 Å². The molecular formula is C25H29ClN4O3. The first-order valence-electron chi connectivity index (χ1n) is 11.0. The largest absolute Gasteiger partial charge is 0.370 e. The van der Waals surface area contributed by atoms with E-state index in [9.17, 15) is 14.4 Å². The van der Waals surface area contributed by atoms with Crippen LogP contribution in [-0.4, -0.2) is 66.3 Å². The van der Waals surface area contributed by atoms with Gasteiger partial charge in [-0.15, -0.1) is 0 Å². The molecular weight excluding hydrogens is 440 g/mol. The van der Waals surface area contributed by atoms with Crippen molar-refractivity contribution in [3.63, 3.8) is 0 Å². The van der Waals surface area contributed by atoms with Gasteiger partial charge >= 0.3 is 0 Å². The van der Waals surface area contributed by atoms with E-state index >= 15 is 0 Å². The highest BCUT2D eigenvalue weighted by atomic mass is 35.5. The van der Waals surface area contributed by atoms with Crippen LogP contribution in [-0.2, 0) is 9.59 Å². The van der Waals surface area contributed by atoms with E-state index < -0.39 is 11.9 Å². The zero-order chi connectivity index (χ0) is 23.6. The van der Waals surface area contributed by atoms with Crippen LogP contribution < -0.4 is 11.1 Å². The number of hydrogen-bond acceptors (Lipinski definition) is 4. The number of carbonyl (C=O) groups excluding carboxylic acids is 3. The zero-order valence-electron chi connectivity index (χ0n) is 18.5. The van der Waals surface area contributed by atoms with E-state index in [2.05, 4.69) is 34.5 Å². The topological polar surface area (TPSA) is 95.7 Å². The summed E-state index contributed by atoms with van der Waals surface area (Å²) in [7, 11) is 0. The molecule has 1 unspecified atom stereocenters. The van der Waals surface area contributed by atoms with Crippen LogP contribution in [0.3, 0.4) is 0 Å². The lowest BCUT2D eigenvalue weighted by Crippen LogP contribution is -2.55. The fraction of sp³-hybridized carbons (Fsp3) is 0.320.